The van der Waals surface area contributed by atoms with E-state index in [-0.39, 0.29) is 0 Å². The van der Waals surface area contributed by atoms with E-state index in [1.807, 2.05) is 12.1 Å². The number of pyridine rings is 1. The van der Waals surface area contributed by atoms with Gasteiger partial charge in [-0.3, -0.25) is 4.90 Å². The molecule has 0 N–H and O–H groups in total. The van der Waals surface area contributed by atoms with Gasteiger partial charge in [0.2, 0.25) is 0 Å². The fourth-order valence-electron chi connectivity index (χ4n) is 1.74. The SMILES string of the molecule is Clc1cc(CN2CCCC2)ccn1. The van der Waals surface area contributed by atoms with Crippen LogP contribution in [0.15, 0.2) is 18.3 Å². The normalized spacial score (nSPS) is 17.9. The molecule has 70 valence electrons. The van der Waals surface area contributed by atoms with E-state index in [1.165, 1.54) is 31.5 Å². The summed E-state index contributed by atoms with van der Waals surface area (Å²) in [5.41, 5.74) is 1.27. The first-order chi connectivity index (χ1) is 6.34. The molecule has 1 saturated heterocycles. The van der Waals surface area contributed by atoms with Crippen molar-refractivity contribution >= 4 is 11.6 Å². The minimum absolute atomic E-state index is 0.594. The monoisotopic (exact) mass is 196 g/mol. The Kier molecular flexibility index (Phi) is 2.81. The average Bonchev–Trinajstić information content (AvgIpc) is 2.57. The highest BCUT2D eigenvalue weighted by atomic mass is 35.5. The molecule has 0 aromatic carbocycles. The van der Waals surface area contributed by atoms with Crippen molar-refractivity contribution in [1.29, 1.82) is 0 Å². The second kappa shape index (κ2) is 4.07. The quantitative estimate of drug-likeness (QED) is 0.675. The van der Waals surface area contributed by atoms with Crippen molar-refractivity contribution in [3.05, 3.63) is 29.0 Å². The maximum atomic E-state index is 5.80. The number of halogens is 1. The van der Waals surface area contributed by atoms with E-state index in [9.17, 15) is 0 Å². The summed E-state index contributed by atoms with van der Waals surface area (Å²) in [5.74, 6) is 0. The highest BCUT2D eigenvalue weighted by Crippen LogP contribution is 2.14. The molecule has 1 aliphatic rings. The van der Waals surface area contributed by atoms with Gasteiger partial charge in [-0.05, 0) is 43.6 Å². The van der Waals surface area contributed by atoms with E-state index < -0.39 is 0 Å². The van der Waals surface area contributed by atoms with Crippen LogP contribution in [0.1, 0.15) is 18.4 Å². The van der Waals surface area contributed by atoms with E-state index in [0.29, 0.717) is 5.15 Å². The molecule has 0 atom stereocenters. The Labute approximate surface area is 83.5 Å². The summed E-state index contributed by atoms with van der Waals surface area (Å²) in [6, 6.07) is 3.98. The molecule has 1 aromatic heterocycles. The zero-order valence-electron chi connectivity index (χ0n) is 7.54. The van der Waals surface area contributed by atoms with Gasteiger partial charge in [0.1, 0.15) is 5.15 Å². The maximum Gasteiger partial charge on any atom is 0.129 e. The molecule has 0 radical (unpaired) electrons. The zero-order chi connectivity index (χ0) is 9.10. The van der Waals surface area contributed by atoms with Crippen molar-refractivity contribution in [1.82, 2.24) is 9.88 Å². The molecule has 0 amide bonds. The smallest absolute Gasteiger partial charge is 0.129 e. The van der Waals surface area contributed by atoms with E-state index >= 15 is 0 Å². The number of rotatable bonds is 2. The van der Waals surface area contributed by atoms with Crippen LogP contribution in [0.2, 0.25) is 5.15 Å². The molecule has 0 aliphatic carbocycles. The Bertz CT molecular complexity index is 282. The topological polar surface area (TPSA) is 16.1 Å². The molecular formula is C10H13ClN2. The molecule has 3 heteroatoms. The summed E-state index contributed by atoms with van der Waals surface area (Å²) in [5, 5.41) is 0.594. The molecule has 13 heavy (non-hydrogen) atoms. The van der Waals surface area contributed by atoms with Crippen molar-refractivity contribution in [2.24, 2.45) is 0 Å². The molecule has 2 nitrogen and oxygen atoms in total. The lowest BCUT2D eigenvalue weighted by molar-refractivity contribution is 0.331. The summed E-state index contributed by atoms with van der Waals surface area (Å²) in [4.78, 5) is 6.41. The van der Waals surface area contributed by atoms with Gasteiger partial charge < -0.3 is 0 Å². The standard InChI is InChI=1S/C10H13ClN2/c11-10-7-9(3-4-12-10)8-13-5-1-2-6-13/h3-4,7H,1-2,5-6,8H2. The van der Waals surface area contributed by atoms with Crippen LogP contribution in [-0.2, 0) is 6.54 Å². The highest BCUT2D eigenvalue weighted by Gasteiger charge is 2.11. The van der Waals surface area contributed by atoms with Crippen LogP contribution >= 0.6 is 11.6 Å². The van der Waals surface area contributed by atoms with Crippen LogP contribution in [-0.4, -0.2) is 23.0 Å². The van der Waals surface area contributed by atoms with E-state index in [4.69, 9.17) is 11.6 Å². The molecule has 2 rings (SSSR count). The maximum absolute atomic E-state index is 5.80. The summed E-state index contributed by atoms with van der Waals surface area (Å²) in [6.07, 6.45) is 4.44. The van der Waals surface area contributed by atoms with Crippen molar-refractivity contribution in [3.8, 4) is 0 Å². The number of aromatic nitrogens is 1. The van der Waals surface area contributed by atoms with Gasteiger partial charge in [-0.2, -0.15) is 0 Å². The van der Waals surface area contributed by atoms with Gasteiger partial charge in [0.25, 0.3) is 0 Å². The van der Waals surface area contributed by atoms with Crippen molar-refractivity contribution in [3.63, 3.8) is 0 Å². The highest BCUT2D eigenvalue weighted by molar-refractivity contribution is 6.29. The molecule has 0 bridgehead atoms. The summed E-state index contributed by atoms with van der Waals surface area (Å²) in [6.45, 7) is 3.46. The third-order valence-corrected chi connectivity index (χ3v) is 2.60. The van der Waals surface area contributed by atoms with Crippen molar-refractivity contribution in [2.75, 3.05) is 13.1 Å². The predicted octanol–water partition coefficient (Wildman–Crippen LogP) is 2.33. The fourth-order valence-corrected chi connectivity index (χ4v) is 1.94. The zero-order valence-corrected chi connectivity index (χ0v) is 8.30. The van der Waals surface area contributed by atoms with Crippen molar-refractivity contribution < 1.29 is 0 Å². The van der Waals surface area contributed by atoms with Crippen molar-refractivity contribution in [2.45, 2.75) is 19.4 Å². The van der Waals surface area contributed by atoms with Crippen LogP contribution in [0, 0.1) is 0 Å². The minimum Gasteiger partial charge on any atom is -0.299 e. The first kappa shape index (κ1) is 8.97. The van der Waals surface area contributed by atoms with Gasteiger partial charge in [0.15, 0.2) is 0 Å². The molecule has 1 aromatic rings. The van der Waals surface area contributed by atoms with Crippen LogP contribution in [0.5, 0.6) is 0 Å². The molecular weight excluding hydrogens is 184 g/mol. The Balaban J connectivity index is 2.00. The molecule has 1 fully saturated rings. The molecule has 0 unspecified atom stereocenters. The lowest BCUT2D eigenvalue weighted by Crippen LogP contribution is -2.18. The Morgan fingerprint density at radius 1 is 1.38 bits per heavy atom. The summed E-state index contributed by atoms with van der Waals surface area (Å²) >= 11 is 5.80. The Hall–Kier alpha value is -0.600. The number of nitrogens with zero attached hydrogens (tertiary/aromatic N) is 2. The summed E-state index contributed by atoms with van der Waals surface area (Å²) in [7, 11) is 0. The number of hydrogen-bond acceptors (Lipinski definition) is 2. The van der Waals surface area contributed by atoms with Gasteiger partial charge in [0, 0.05) is 12.7 Å². The second-order valence-electron chi connectivity index (χ2n) is 3.47. The summed E-state index contributed by atoms with van der Waals surface area (Å²) < 4.78 is 0. The lowest BCUT2D eigenvalue weighted by atomic mass is 10.2. The van der Waals surface area contributed by atoms with Gasteiger partial charge >= 0.3 is 0 Å². The Morgan fingerprint density at radius 2 is 2.15 bits per heavy atom. The van der Waals surface area contributed by atoms with E-state index in [2.05, 4.69) is 9.88 Å². The van der Waals surface area contributed by atoms with Gasteiger partial charge in [-0.25, -0.2) is 4.98 Å². The van der Waals surface area contributed by atoms with Gasteiger partial charge in [-0.15, -0.1) is 0 Å². The van der Waals surface area contributed by atoms with E-state index in [0.717, 1.165) is 6.54 Å². The lowest BCUT2D eigenvalue weighted by Gasteiger charge is -2.13. The molecule has 0 spiro atoms. The van der Waals surface area contributed by atoms with Crippen LogP contribution in [0.3, 0.4) is 0 Å². The fraction of sp³-hybridized carbons (Fsp3) is 0.500. The van der Waals surface area contributed by atoms with E-state index in [1.54, 1.807) is 6.20 Å². The third-order valence-electron chi connectivity index (χ3n) is 2.40. The largest absolute Gasteiger partial charge is 0.299 e. The Morgan fingerprint density at radius 3 is 2.85 bits per heavy atom. The van der Waals surface area contributed by atoms with Crippen LogP contribution < -0.4 is 0 Å². The second-order valence-corrected chi connectivity index (χ2v) is 3.86. The minimum atomic E-state index is 0.594. The molecule has 1 aliphatic heterocycles. The predicted molar refractivity (Wildman–Crippen MR) is 53.8 cm³/mol. The first-order valence-corrected chi connectivity index (χ1v) is 5.05. The number of likely N-dealkylation sites (tertiary alicyclic amines) is 1. The molecule has 2 heterocycles. The average molecular weight is 197 g/mol. The first-order valence-electron chi connectivity index (χ1n) is 4.67. The van der Waals surface area contributed by atoms with Gasteiger partial charge in [-0.1, -0.05) is 11.6 Å². The molecule has 0 saturated carbocycles. The third kappa shape index (κ3) is 2.42. The number of hydrogen-bond donors (Lipinski definition) is 0. The van der Waals surface area contributed by atoms with Crippen LogP contribution in [0.4, 0.5) is 0 Å². The van der Waals surface area contributed by atoms with Gasteiger partial charge in [0.05, 0.1) is 0 Å². The van der Waals surface area contributed by atoms with Crippen LogP contribution in [0.25, 0.3) is 0 Å².